The molecule has 2 aromatic heterocycles. The van der Waals surface area contributed by atoms with E-state index in [9.17, 15) is 13.6 Å². The molecule has 1 unspecified atom stereocenters. The second kappa shape index (κ2) is 14.6. The number of fused-ring (bicyclic) bond motifs is 3. The van der Waals surface area contributed by atoms with Crippen LogP contribution in [0.15, 0.2) is 60.8 Å². The molecule has 48 heavy (non-hydrogen) atoms. The molecule has 1 atom stereocenters. The van der Waals surface area contributed by atoms with Gasteiger partial charge in [-0.2, -0.15) is 0 Å². The topological polar surface area (TPSA) is 139 Å². The molecule has 1 aliphatic rings. The Kier molecular flexibility index (Phi) is 10.3. The predicted octanol–water partition coefficient (Wildman–Crippen LogP) is 6.03. The van der Waals surface area contributed by atoms with Gasteiger partial charge in [-0.1, -0.05) is 56.4 Å². The maximum Gasteiger partial charge on any atom is 0.319 e. The zero-order valence-corrected chi connectivity index (χ0v) is 29.0. The summed E-state index contributed by atoms with van der Waals surface area (Å²) in [6.45, 7) is 10.6. The third-order valence-electron chi connectivity index (χ3n) is 8.18. The molecule has 3 heterocycles. The van der Waals surface area contributed by atoms with E-state index >= 15 is 0 Å². The van der Waals surface area contributed by atoms with Crippen molar-refractivity contribution in [2.75, 3.05) is 38.7 Å². The normalized spacial score (nSPS) is 14.7. The molecule has 6 rings (SSSR count). The first-order valence-corrected chi connectivity index (χ1v) is 17.6. The van der Waals surface area contributed by atoms with Crippen LogP contribution in [0.1, 0.15) is 43.2 Å². The lowest BCUT2D eigenvalue weighted by molar-refractivity contribution is 0.0336. The van der Waals surface area contributed by atoms with Crippen molar-refractivity contribution in [1.29, 1.82) is 0 Å². The molecule has 0 saturated carbocycles. The molecule has 1 fully saturated rings. The molecule has 4 N–H and O–H groups in total. The number of nitrogens with one attached hydrogen (secondary N) is 3. The fourth-order valence-electron chi connectivity index (χ4n) is 5.67. The Balaban J connectivity index is 1.16. The van der Waals surface area contributed by atoms with Gasteiger partial charge in [0, 0.05) is 49.9 Å². The smallest absolute Gasteiger partial charge is 0.319 e. The Morgan fingerprint density at radius 3 is 2.62 bits per heavy atom. The summed E-state index contributed by atoms with van der Waals surface area (Å²) in [5.74, 6) is 1.72. The molecule has 12 nitrogen and oxygen atoms in total. The molecule has 2 amide bonds. The van der Waals surface area contributed by atoms with E-state index in [-0.39, 0.29) is 18.5 Å². The first-order chi connectivity index (χ1) is 23.1. The zero-order valence-electron chi connectivity index (χ0n) is 27.4. The summed E-state index contributed by atoms with van der Waals surface area (Å²) in [5, 5.41) is 5.83. The number of para-hydroxylation sites is 1. The standard InChI is InChI=1S/C34H40N6O6S2/c1-34(2,3)24-15-23(19-37-48(42)43)31(44-4)27(16-24)38-32(41)35-18-22-7-5-6-8-29(22)46-26-9-10-28-30(17-26)47-33-36-20-25(40(28)33)21-39-11-13-45-14-12-39/h5-10,15-17,20,37H,11-14,18-19,21H2,1-4H3,(H,42,43)(H2,35,38,41). The second-order valence-electron chi connectivity index (χ2n) is 12.5. The van der Waals surface area contributed by atoms with E-state index in [2.05, 4.69) is 56.5 Å². The molecule has 1 saturated heterocycles. The largest absolute Gasteiger partial charge is 0.494 e. The fraction of sp³-hybridized carbons (Fsp3) is 0.353. The van der Waals surface area contributed by atoms with Gasteiger partial charge in [0.15, 0.2) is 4.96 Å². The van der Waals surface area contributed by atoms with Crippen molar-refractivity contribution in [3.63, 3.8) is 0 Å². The number of thiazole rings is 1. The quantitative estimate of drug-likeness (QED) is 0.123. The van der Waals surface area contributed by atoms with Crippen molar-refractivity contribution >= 4 is 49.5 Å². The number of carbonyl (C=O) groups is 1. The van der Waals surface area contributed by atoms with Crippen LogP contribution < -0.4 is 24.8 Å². The van der Waals surface area contributed by atoms with Gasteiger partial charge >= 0.3 is 6.03 Å². The molecule has 0 radical (unpaired) electrons. The maximum atomic E-state index is 13.2. The highest BCUT2D eigenvalue weighted by atomic mass is 32.2. The summed E-state index contributed by atoms with van der Waals surface area (Å²) in [6.07, 6.45) is 1.96. The molecule has 0 bridgehead atoms. The van der Waals surface area contributed by atoms with Gasteiger partial charge in [-0.15, -0.1) is 0 Å². The summed E-state index contributed by atoms with van der Waals surface area (Å²) in [5.41, 5.74) is 4.82. The number of imidazole rings is 1. The fourth-order valence-corrected chi connectivity index (χ4v) is 6.99. The number of morpholine rings is 1. The Bertz CT molecular complexity index is 1950. The Hall–Kier alpha value is -4.05. The van der Waals surface area contributed by atoms with Gasteiger partial charge in [0.05, 0.1) is 48.1 Å². The van der Waals surface area contributed by atoms with Crippen molar-refractivity contribution in [2.45, 2.75) is 45.8 Å². The van der Waals surface area contributed by atoms with Crippen molar-refractivity contribution in [3.05, 3.63) is 83.2 Å². The highest BCUT2D eigenvalue weighted by molar-refractivity contribution is 7.77. The third kappa shape index (κ3) is 7.80. The summed E-state index contributed by atoms with van der Waals surface area (Å²) in [7, 11) is 1.50. The highest BCUT2D eigenvalue weighted by Crippen LogP contribution is 2.36. The van der Waals surface area contributed by atoms with Crippen LogP contribution in [0.3, 0.4) is 0 Å². The molecule has 1 aliphatic heterocycles. The monoisotopic (exact) mass is 692 g/mol. The Morgan fingerprint density at radius 1 is 1.08 bits per heavy atom. The number of urea groups is 1. The van der Waals surface area contributed by atoms with E-state index in [4.69, 9.17) is 14.2 Å². The lowest BCUT2D eigenvalue weighted by atomic mass is 9.85. The van der Waals surface area contributed by atoms with Crippen LogP contribution in [0, 0.1) is 0 Å². The first-order valence-electron chi connectivity index (χ1n) is 15.6. The van der Waals surface area contributed by atoms with Crippen LogP contribution in [0.2, 0.25) is 0 Å². The molecule has 254 valence electrons. The van der Waals surface area contributed by atoms with Gasteiger partial charge < -0.3 is 24.8 Å². The molecule has 0 spiro atoms. The minimum Gasteiger partial charge on any atom is -0.494 e. The van der Waals surface area contributed by atoms with E-state index < -0.39 is 17.3 Å². The van der Waals surface area contributed by atoms with E-state index in [1.165, 1.54) is 7.11 Å². The SMILES string of the molecule is COc1c(CNS(=O)O)cc(C(C)(C)C)cc1NC(=O)NCc1ccccc1Oc1ccc2c(c1)sc1ncc(CN3CCOCC3)n12. The van der Waals surface area contributed by atoms with Crippen LogP contribution >= 0.6 is 11.3 Å². The van der Waals surface area contributed by atoms with Crippen LogP contribution in [-0.4, -0.2) is 62.5 Å². The lowest BCUT2D eigenvalue weighted by Crippen LogP contribution is -2.35. The van der Waals surface area contributed by atoms with E-state index in [1.807, 2.05) is 54.7 Å². The van der Waals surface area contributed by atoms with Gasteiger partial charge in [0.2, 0.25) is 11.3 Å². The molecular weight excluding hydrogens is 653 g/mol. The zero-order chi connectivity index (χ0) is 33.8. The Morgan fingerprint density at radius 2 is 1.88 bits per heavy atom. The number of carbonyl (C=O) groups excluding carboxylic acids is 1. The Labute approximate surface area is 285 Å². The number of hydrogen-bond acceptors (Lipinski definition) is 8. The van der Waals surface area contributed by atoms with Crippen LogP contribution in [0.5, 0.6) is 17.2 Å². The number of methoxy groups -OCH3 is 1. The summed E-state index contributed by atoms with van der Waals surface area (Å²) >= 11 is -0.579. The number of nitrogens with zero attached hydrogens (tertiary/aromatic N) is 3. The third-order valence-corrected chi connectivity index (χ3v) is 9.58. The van der Waals surface area contributed by atoms with Crippen LogP contribution in [-0.2, 0) is 41.1 Å². The average molecular weight is 693 g/mol. The van der Waals surface area contributed by atoms with Crippen molar-refractivity contribution in [3.8, 4) is 17.2 Å². The van der Waals surface area contributed by atoms with Crippen LogP contribution in [0.4, 0.5) is 10.5 Å². The van der Waals surface area contributed by atoms with Gasteiger partial charge in [-0.25, -0.2) is 18.7 Å². The molecular formula is C34H40N6O6S2. The predicted molar refractivity (Wildman–Crippen MR) is 188 cm³/mol. The summed E-state index contributed by atoms with van der Waals surface area (Å²) < 4.78 is 43.8. The minimum absolute atomic E-state index is 0.0802. The molecule has 3 aromatic carbocycles. The first kappa shape index (κ1) is 33.8. The summed E-state index contributed by atoms with van der Waals surface area (Å²) in [4.78, 5) is 21.2. The van der Waals surface area contributed by atoms with E-state index in [0.717, 1.165) is 64.8 Å². The molecule has 0 aliphatic carbocycles. The average Bonchev–Trinajstić information content (AvgIpc) is 3.62. The maximum absolute atomic E-state index is 13.2. The van der Waals surface area contributed by atoms with E-state index in [1.54, 1.807) is 11.3 Å². The number of benzene rings is 3. The molecule has 14 heteroatoms. The number of hydrogen-bond donors (Lipinski definition) is 4. The van der Waals surface area contributed by atoms with Gasteiger partial charge in [-0.05, 0) is 35.2 Å². The van der Waals surface area contributed by atoms with Gasteiger partial charge in [-0.3, -0.25) is 13.9 Å². The number of aromatic nitrogens is 2. The number of anilines is 1. The van der Waals surface area contributed by atoms with Crippen LogP contribution in [0.25, 0.3) is 15.2 Å². The summed E-state index contributed by atoms with van der Waals surface area (Å²) in [6, 6.07) is 17.0. The van der Waals surface area contributed by atoms with Gasteiger partial charge in [0.1, 0.15) is 17.2 Å². The van der Waals surface area contributed by atoms with E-state index in [0.29, 0.717) is 28.5 Å². The lowest BCUT2D eigenvalue weighted by Gasteiger charge is -2.26. The van der Waals surface area contributed by atoms with Crippen molar-refractivity contribution in [2.24, 2.45) is 0 Å². The number of amides is 2. The van der Waals surface area contributed by atoms with Gasteiger partial charge in [0.25, 0.3) is 0 Å². The highest BCUT2D eigenvalue weighted by Gasteiger charge is 2.21. The second-order valence-corrected chi connectivity index (χ2v) is 14.3. The minimum atomic E-state index is -2.20. The molecule has 5 aromatic rings. The van der Waals surface area contributed by atoms with Crippen molar-refractivity contribution in [1.82, 2.24) is 24.3 Å². The number of rotatable bonds is 11. The van der Waals surface area contributed by atoms with Crippen molar-refractivity contribution < 1.29 is 27.8 Å². The number of ether oxygens (including phenoxy) is 3.